The molecule has 1 rings (SSSR count). The monoisotopic (exact) mass is 112 g/mol. The van der Waals surface area contributed by atoms with Crippen molar-refractivity contribution in [3.63, 3.8) is 0 Å². The highest BCUT2D eigenvalue weighted by molar-refractivity contribution is 5.11. The van der Waals surface area contributed by atoms with Gasteiger partial charge in [-0.1, -0.05) is 11.6 Å². The second-order valence-electron chi connectivity index (χ2n) is 2.14. The highest BCUT2D eigenvalue weighted by Crippen LogP contribution is 2.20. The molecule has 0 saturated heterocycles. The number of methoxy groups -OCH3 is 1. The van der Waals surface area contributed by atoms with E-state index in [1.54, 1.807) is 12.7 Å². The number of rotatable bonds is 3. The van der Waals surface area contributed by atoms with Crippen LogP contribution in [-0.2, 0) is 4.74 Å². The van der Waals surface area contributed by atoms with Gasteiger partial charge in [-0.3, -0.25) is 0 Å². The molecule has 46 valence electrons. The van der Waals surface area contributed by atoms with E-state index in [-0.39, 0.29) is 0 Å². The van der Waals surface area contributed by atoms with E-state index < -0.39 is 0 Å². The van der Waals surface area contributed by atoms with Gasteiger partial charge in [-0.25, -0.2) is 0 Å². The Hall–Kier alpha value is -0.300. The third-order valence-electron chi connectivity index (χ3n) is 1.53. The van der Waals surface area contributed by atoms with Crippen molar-refractivity contribution in [2.24, 2.45) is 0 Å². The Balaban J connectivity index is 2.02. The van der Waals surface area contributed by atoms with Gasteiger partial charge in [0.1, 0.15) is 0 Å². The molecular weight excluding hydrogens is 100 g/mol. The molecule has 0 aromatic carbocycles. The molecule has 8 heavy (non-hydrogen) atoms. The van der Waals surface area contributed by atoms with E-state index in [1.165, 1.54) is 12.8 Å². The Morgan fingerprint density at radius 3 is 2.88 bits per heavy atom. The summed E-state index contributed by atoms with van der Waals surface area (Å²) in [4.78, 5) is 0. The Morgan fingerprint density at radius 2 is 2.50 bits per heavy atom. The second-order valence-corrected chi connectivity index (χ2v) is 2.14. The van der Waals surface area contributed by atoms with E-state index in [0.29, 0.717) is 0 Å². The van der Waals surface area contributed by atoms with Crippen molar-refractivity contribution in [3.05, 3.63) is 11.6 Å². The first-order chi connectivity index (χ1) is 3.93. The molecule has 1 heteroatoms. The van der Waals surface area contributed by atoms with Crippen LogP contribution in [0.25, 0.3) is 0 Å². The van der Waals surface area contributed by atoms with Crippen molar-refractivity contribution in [1.82, 2.24) is 0 Å². The Kier molecular flexibility index (Phi) is 2.10. The Bertz CT molecular complexity index is 94.6. The van der Waals surface area contributed by atoms with Gasteiger partial charge in [-0.05, 0) is 19.3 Å². The van der Waals surface area contributed by atoms with Crippen molar-refractivity contribution in [3.8, 4) is 0 Å². The second kappa shape index (κ2) is 2.88. The van der Waals surface area contributed by atoms with Gasteiger partial charge in [0.2, 0.25) is 0 Å². The molecule has 0 fully saturated rings. The fourth-order valence-corrected chi connectivity index (χ4v) is 0.809. The van der Waals surface area contributed by atoms with Crippen LogP contribution in [-0.4, -0.2) is 13.7 Å². The minimum Gasteiger partial charge on any atom is -0.384 e. The Labute approximate surface area is 50.3 Å². The molecule has 0 bridgehead atoms. The first-order valence-electron chi connectivity index (χ1n) is 3.10. The summed E-state index contributed by atoms with van der Waals surface area (Å²) < 4.78 is 4.91. The average Bonchev–Trinajstić information content (AvgIpc) is 1.63. The predicted molar refractivity (Wildman–Crippen MR) is 33.8 cm³/mol. The Morgan fingerprint density at radius 1 is 1.75 bits per heavy atom. The van der Waals surface area contributed by atoms with Crippen LogP contribution in [0, 0.1) is 0 Å². The predicted octanol–water partition coefficient (Wildman–Crippen LogP) is 1.74. The van der Waals surface area contributed by atoms with Gasteiger partial charge in [0.25, 0.3) is 0 Å². The van der Waals surface area contributed by atoms with Crippen molar-refractivity contribution in [2.75, 3.05) is 13.7 Å². The van der Waals surface area contributed by atoms with Crippen LogP contribution in [0.2, 0.25) is 0 Å². The lowest BCUT2D eigenvalue weighted by molar-refractivity contribution is 0.200. The zero-order chi connectivity index (χ0) is 5.82. The lowest BCUT2D eigenvalue weighted by Gasteiger charge is -2.12. The maximum Gasteiger partial charge on any atom is 0.0499 e. The van der Waals surface area contributed by atoms with E-state index in [0.717, 1.165) is 13.0 Å². The van der Waals surface area contributed by atoms with Gasteiger partial charge in [-0.15, -0.1) is 0 Å². The summed E-state index contributed by atoms with van der Waals surface area (Å²) in [5, 5.41) is 0. The van der Waals surface area contributed by atoms with Crippen LogP contribution in [0.3, 0.4) is 0 Å². The van der Waals surface area contributed by atoms with E-state index in [1.807, 2.05) is 0 Å². The smallest absolute Gasteiger partial charge is 0.0499 e. The number of hydrogen-bond acceptors (Lipinski definition) is 1. The molecule has 0 aliphatic heterocycles. The first kappa shape index (κ1) is 5.83. The molecular formula is C7H12O. The highest BCUT2D eigenvalue weighted by Gasteiger charge is 2.03. The molecule has 0 amide bonds. The van der Waals surface area contributed by atoms with Crippen LogP contribution >= 0.6 is 0 Å². The lowest BCUT2D eigenvalue weighted by Crippen LogP contribution is -1.97. The van der Waals surface area contributed by atoms with Crippen LogP contribution in [0.4, 0.5) is 0 Å². The molecule has 1 aliphatic rings. The molecule has 0 saturated carbocycles. The van der Waals surface area contributed by atoms with Crippen molar-refractivity contribution in [2.45, 2.75) is 19.3 Å². The average molecular weight is 112 g/mol. The van der Waals surface area contributed by atoms with Crippen LogP contribution in [0.15, 0.2) is 11.6 Å². The molecule has 0 radical (unpaired) electrons. The highest BCUT2D eigenvalue weighted by atomic mass is 16.5. The largest absolute Gasteiger partial charge is 0.384 e. The van der Waals surface area contributed by atoms with Crippen LogP contribution in [0.5, 0.6) is 0 Å². The van der Waals surface area contributed by atoms with Crippen molar-refractivity contribution < 1.29 is 4.74 Å². The fourth-order valence-electron chi connectivity index (χ4n) is 0.809. The molecule has 1 aliphatic carbocycles. The lowest BCUT2D eigenvalue weighted by atomic mass is 9.97. The molecule has 0 heterocycles. The third kappa shape index (κ3) is 1.34. The summed E-state index contributed by atoms with van der Waals surface area (Å²) in [7, 11) is 1.75. The zero-order valence-electron chi connectivity index (χ0n) is 5.31. The molecule has 0 N–H and O–H groups in total. The van der Waals surface area contributed by atoms with Crippen molar-refractivity contribution in [1.29, 1.82) is 0 Å². The quantitative estimate of drug-likeness (QED) is 0.505. The first-order valence-corrected chi connectivity index (χ1v) is 3.10. The molecule has 0 aromatic heterocycles. The maximum atomic E-state index is 4.91. The molecule has 0 unspecified atom stereocenters. The number of ether oxygens (including phenoxy) is 1. The molecule has 0 aromatic rings. The maximum absolute atomic E-state index is 4.91. The summed E-state index contributed by atoms with van der Waals surface area (Å²) in [6, 6.07) is 0. The van der Waals surface area contributed by atoms with Crippen LogP contribution < -0.4 is 0 Å². The third-order valence-corrected chi connectivity index (χ3v) is 1.53. The summed E-state index contributed by atoms with van der Waals surface area (Å²) in [5.41, 5.74) is 1.58. The summed E-state index contributed by atoms with van der Waals surface area (Å²) >= 11 is 0. The van der Waals surface area contributed by atoms with Gasteiger partial charge in [0, 0.05) is 13.7 Å². The van der Waals surface area contributed by atoms with E-state index in [2.05, 4.69) is 6.08 Å². The summed E-state index contributed by atoms with van der Waals surface area (Å²) in [5.74, 6) is 0. The van der Waals surface area contributed by atoms with E-state index >= 15 is 0 Å². The summed E-state index contributed by atoms with van der Waals surface area (Å²) in [6.45, 7) is 0.895. The molecule has 0 atom stereocenters. The number of allylic oxidation sites excluding steroid dienone is 1. The SMILES string of the molecule is COCCC1=CCC1. The fraction of sp³-hybridized carbons (Fsp3) is 0.714. The van der Waals surface area contributed by atoms with Crippen LogP contribution in [0.1, 0.15) is 19.3 Å². The zero-order valence-corrected chi connectivity index (χ0v) is 5.31. The standard InChI is InChI=1S/C7H12O/c1-8-6-5-7-3-2-4-7/h3H,2,4-6H2,1H3. The number of hydrogen-bond donors (Lipinski definition) is 0. The molecule has 0 spiro atoms. The minimum absolute atomic E-state index is 0.895. The minimum atomic E-state index is 0.895. The molecule has 1 nitrogen and oxygen atoms in total. The topological polar surface area (TPSA) is 9.23 Å². The van der Waals surface area contributed by atoms with Gasteiger partial charge < -0.3 is 4.74 Å². The normalized spacial score (nSPS) is 17.4. The van der Waals surface area contributed by atoms with Crippen molar-refractivity contribution >= 4 is 0 Å². The van der Waals surface area contributed by atoms with Gasteiger partial charge in [0.15, 0.2) is 0 Å². The van der Waals surface area contributed by atoms with Gasteiger partial charge in [-0.2, -0.15) is 0 Å². The van der Waals surface area contributed by atoms with E-state index in [9.17, 15) is 0 Å². The summed E-state index contributed by atoms with van der Waals surface area (Å²) in [6.07, 6.45) is 6.04. The van der Waals surface area contributed by atoms with Gasteiger partial charge >= 0.3 is 0 Å². The van der Waals surface area contributed by atoms with E-state index in [4.69, 9.17) is 4.74 Å². The van der Waals surface area contributed by atoms with Gasteiger partial charge in [0.05, 0.1) is 0 Å².